The molecule has 1 atom stereocenters. The molecule has 0 bridgehead atoms. The molecule has 31 heavy (non-hydrogen) atoms. The molecule has 2 N–H and O–H groups in total. The van der Waals surface area contributed by atoms with E-state index < -0.39 is 16.1 Å². The fourth-order valence-corrected chi connectivity index (χ4v) is 3.88. The maximum absolute atomic E-state index is 12.8. The fraction of sp³-hybridized carbons (Fsp3) is 0.174. The number of hydrogen-bond donors (Lipinski definition) is 2. The maximum Gasteiger partial charge on any atom is 0.265 e. The zero-order chi connectivity index (χ0) is 22.4. The number of para-hydroxylation sites is 1. The van der Waals surface area contributed by atoms with Crippen molar-refractivity contribution in [3.63, 3.8) is 0 Å². The number of benzene rings is 3. The summed E-state index contributed by atoms with van der Waals surface area (Å²) in [5.41, 5.74) is 1.70. The number of ether oxygens (including phenoxy) is 2. The Morgan fingerprint density at radius 2 is 1.65 bits per heavy atom. The van der Waals surface area contributed by atoms with E-state index in [2.05, 4.69) is 10.0 Å². The van der Waals surface area contributed by atoms with Crippen LogP contribution in [0.2, 0.25) is 0 Å². The smallest absolute Gasteiger partial charge is 0.265 e. The van der Waals surface area contributed by atoms with Gasteiger partial charge in [0, 0.05) is 5.69 Å². The average molecular weight is 441 g/mol. The lowest BCUT2D eigenvalue weighted by atomic mass is 10.2. The van der Waals surface area contributed by atoms with Gasteiger partial charge in [-0.3, -0.25) is 9.52 Å². The zero-order valence-electron chi connectivity index (χ0n) is 17.5. The van der Waals surface area contributed by atoms with Gasteiger partial charge < -0.3 is 14.8 Å². The minimum Gasteiger partial charge on any atom is -0.495 e. The largest absolute Gasteiger partial charge is 0.495 e. The Morgan fingerprint density at radius 3 is 2.29 bits per heavy atom. The van der Waals surface area contributed by atoms with Gasteiger partial charge in [0.05, 0.1) is 17.7 Å². The van der Waals surface area contributed by atoms with E-state index in [4.69, 9.17) is 9.47 Å². The molecule has 0 spiro atoms. The Morgan fingerprint density at radius 1 is 0.968 bits per heavy atom. The van der Waals surface area contributed by atoms with Crippen molar-refractivity contribution in [2.75, 3.05) is 17.1 Å². The molecule has 0 aliphatic rings. The molecule has 0 fully saturated rings. The predicted molar refractivity (Wildman–Crippen MR) is 120 cm³/mol. The Hall–Kier alpha value is -3.52. The normalized spacial score (nSPS) is 12.0. The molecule has 0 radical (unpaired) electrons. The Balaban J connectivity index is 1.68. The van der Waals surface area contributed by atoms with Gasteiger partial charge >= 0.3 is 0 Å². The Labute approximate surface area is 182 Å². The van der Waals surface area contributed by atoms with E-state index in [0.29, 0.717) is 22.9 Å². The summed E-state index contributed by atoms with van der Waals surface area (Å²) >= 11 is 0. The first-order valence-corrected chi connectivity index (χ1v) is 11.1. The third-order valence-electron chi connectivity index (χ3n) is 4.46. The summed E-state index contributed by atoms with van der Waals surface area (Å²) in [6.07, 6.45) is -0.721. The maximum atomic E-state index is 12.8. The second-order valence-electron chi connectivity index (χ2n) is 6.90. The minimum atomic E-state index is -3.83. The second kappa shape index (κ2) is 9.53. The van der Waals surface area contributed by atoms with Gasteiger partial charge in [0.2, 0.25) is 0 Å². The first-order valence-electron chi connectivity index (χ1n) is 9.58. The van der Waals surface area contributed by atoms with Crippen molar-refractivity contribution in [1.82, 2.24) is 0 Å². The van der Waals surface area contributed by atoms with Crippen LogP contribution in [-0.2, 0) is 14.8 Å². The first kappa shape index (κ1) is 22.2. The highest BCUT2D eigenvalue weighted by atomic mass is 32.2. The Bertz CT molecular complexity index is 1150. The highest BCUT2D eigenvalue weighted by Gasteiger charge is 2.18. The van der Waals surface area contributed by atoms with Crippen molar-refractivity contribution < 1.29 is 22.7 Å². The summed E-state index contributed by atoms with van der Waals surface area (Å²) in [5, 5.41) is 2.72. The van der Waals surface area contributed by atoms with E-state index in [9.17, 15) is 13.2 Å². The third kappa shape index (κ3) is 5.76. The number of nitrogens with one attached hydrogen (secondary N) is 2. The molecule has 0 saturated heterocycles. The summed E-state index contributed by atoms with van der Waals surface area (Å²) in [6.45, 7) is 3.50. The molecule has 162 valence electrons. The van der Waals surface area contributed by atoms with Crippen molar-refractivity contribution in [2.45, 2.75) is 24.8 Å². The van der Waals surface area contributed by atoms with Crippen molar-refractivity contribution in [3.05, 3.63) is 78.4 Å². The van der Waals surface area contributed by atoms with Gasteiger partial charge in [0.15, 0.2) is 6.10 Å². The average Bonchev–Trinajstić information content (AvgIpc) is 2.74. The summed E-state index contributed by atoms with van der Waals surface area (Å²) < 4.78 is 38.9. The van der Waals surface area contributed by atoms with E-state index in [1.54, 1.807) is 31.2 Å². The van der Waals surface area contributed by atoms with E-state index in [-0.39, 0.29) is 10.8 Å². The summed E-state index contributed by atoms with van der Waals surface area (Å²) in [5.74, 6) is 0.664. The number of aryl methyl sites for hydroxylation is 1. The number of anilines is 2. The van der Waals surface area contributed by atoms with Gasteiger partial charge in [0.25, 0.3) is 15.9 Å². The molecule has 0 heterocycles. The molecular formula is C23H24N2O5S. The summed E-state index contributed by atoms with van der Waals surface area (Å²) in [4.78, 5) is 12.4. The van der Waals surface area contributed by atoms with Crippen LogP contribution in [0.4, 0.5) is 11.4 Å². The van der Waals surface area contributed by atoms with Crippen molar-refractivity contribution in [1.29, 1.82) is 0 Å². The molecular weight excluding hydrogens is 416 g/mol. The van der Waals surface area contributed by atoms with E-state index in [1.165, 1.54) is 31.4 Å². The van der Waals surface area contributed by atoms with Gasteiger partial charge in [0.1, 0.15) is 11.5 Å². The molecule has 0 saturated carbocycles. The molecule has 3 rings (SSSR count). The minimum absolute atomic E-state index is 0.0580. The highest BCUT2D eigenvalue weighted by molar-refractivity contribution is 7.92. The van der Waals surface area contributed by atoms with E-state index in [0.717, 1.165) is 5.56 Å². The molecule has 1 amide bonds. The van der Waals surface area contributed by atoms with Crippen LogP contribution in [0.25, 0.3) is 0 Å². The van der Waals surface area contributed by atoms with Crippen LogP contribution in [0.5, 0.6) is 11.5 Å². The second-order valence-corrected chi connectivity index (χ2v) is 8.58. The van der Waals surface area contributed by atoms with Gasteiger partial charge in [-0.25, -0.2) is 8.42 Å². The Kier molecular flexibility index (Phi) is 6.81. The molecule has 7 nitrogen and oxygen atoms in total. The van der Waals surface area contributed by atoms with Crippen molar-refractivity contribution in [3.8, 4) is 11.5 Å². The summed E-state index contributed by atoms with van der Waals surface area (Å²) in [7, 11) is -2.36. The number of carbonyl (C=O) groups excluding carboxylic acids is 1. The lowest BCUT2D eigenvalue weighted by Gasteiger charge is -2.15. The van der Waals surface area contributed by atoms with E-state index >= 15 is 0 Å². The molecule has 0 unspecified atom stereocenters. The van der Waals surface area contributed by atoms with Gasteiger partial charge in [-0.1, -0.05) is 24.3 Å². The highest BCUT2D eigenvalue weighted by Crippen LogP contribution is 2.28. The first-order chi connectivity index (χ1) is 14.8. The monoisotopic (exact) mass is 440 g/mol. The van der Waals surface area contributed by atoms with Crippen LogP contribution in [0.15, 0.2) is 77.7 Å². The van der Waals surface area contributed by atoms with Gasteiger partial charge in [-0.15, -0.1) is 0 Å². The van der Waals surface area contributed by atoms with Gasteiger partial charge in [-0.2, -0.15) is 0 Å². The predicted octanol–water partition coefficient (Wildman–Crippen LogP) is 4.21. The quantitative estimate of drug-likeness (QED) is 0.547. The number of hydrogen-bond acceptors (Lipinski definition) is 5. The molecule has 8 heteroatoms. The standard InChI is InChI=1S/C23H24N2O5S/c1-16-9-14-22(29-3)21(15-16)25-31(27,28)20-12-10-18(11-13-20)24-23(26)17(2)30-19-7-5-4-6-8-19/h4-15,17,25H,1-3H3,(H,24,26)/t17-/m1/s1. The number of amides is 1. The van der Waals surface area contributed by atoms with E-state index in [1.807, 2.05) is 31.2 Å². The molecule has 0 aromatic heterocycles. The number of sulfonamides is 1. The lowest BCUT2D eigenvalue weighted by Crippen LogP contribution is -2.30. The topological polar surface area (TPSA) is 93.7 Å². The van der Waals surface area contributed by atoms with Gasteiger partial charge in [-0.05, 0) is 67.9 Å². The van der Waals surface area contributed by atoms with Crippen LogP contribution in [0.3, 0.4) is 0 Å². The molecule has 3 aromatic rings. The third-order valence-corrected chi connectivity index (χ3v) is 5.84. The van der Waals surface area contributed by atoms with Crippen molar-refractivity contribution >= 4 is 27.3 Å². The summed E-state index contributed by atoms with van der Waals surface area (Å²) in [6, 6.07) is 20.1. The molecule has 3 aromatic carbocycles. The van der Waals surface area contributed by atoms with Crippen LogP contribution >= 0.6 is 0 Å². The van der Waals surface area contributed by atoms with Crippen LogP contribution in [0.1, 0.15) is 12.5 Å². The van der Waals surface area contributed by atoms with Crippen molar-refractivity contribution in [2.24, 2.45) is 0 Å². The lowest BCUT2D eigenvalue weighted by molar-refractivity contribution is -0.122. The van der Waals surface area contributed by atoms with Crippen LogP contribution < -0.4 is 19.5 Å². The number of carbonyl (C=O) groups is 1. The molecule has 0 aliphatic heterocycles. The van der Waals surface area contributed by atoms with Crippen LogP contribution in [0, 0.1) is 6.92 Å². The number of rotatable bonds is 8. The number of methoxy groups -OCH3 is 1. The SMILES string of the molecule is COc1ccc(C)cc1NS(=O)(=O)c1ccc(NC(=O)[C@@H](C)Oc2ccccc2)cc1. The molecule has 0 aliphatic carbocycles. The van der Waals surface area contributed by atoms with Crippen LogP contribution in [-0.4, -0.2) is 27.5 Å². The fourth-order valence-electron chi connectivity index (χ4n) is 2.82. The zero-order valence-corrected chi connectivity index (χ0v) is 18.3.